The molecule has 0 aromatic heterocycles. The molecule has 19 heavy (non-hydrogen) atoms. The fourth-order valence-electron chi connectivity index (χ4n) is 2.79. The first-order valence-corrected chi connectivity index (χ1v) is 6.48. The molecule has 0 heterocycles. The number of anilines is 2. The number of hydrogen-bond donors (Lipinski definition) is 3. The van der Waals surface area contributed by atoms with Gasteiger partial charge in [0.1, 0.15) is 0 Å². The van der Waals surface area contributed by atoms with Crippen LogP contribution >= 0.6 is 0 Å². The Morgan fingerprint density at radius 2 is 2.05 bits per heavy atom. The molecule has 0 spiro atoms. The topological polar surface area (TPSA) is 86.8 Å². The highest BCUT2D eigenvalue weighted by Crippen LogP contribution is 2.33. The van der Waals surface area contributed by atoms with Gasteiger partial charge in [-0.25, -0.2) is 4.79 Å². The summed E-state index contributed by atoms with van der Waals surface area (Å²) in [5.41, 5.74) is 6.22. The van der Waals surface area contributed by atoms with Gasteiger partial charge in [-0.1, -0.05) is 18.9 Å². The molecule has 5 heteroatoms. The lowest BCUT2D eigenvalue weighted by molar-refractivity contribution is 0.0559. The summed E-state index contributed by atoms with van der Waals surface area (Å²) in [6.07, 6.45) is 3.65. The summed E-state index contributed by atoms with van der Waals surface area (Å²) in [5, 5.41) is 19.5. The number of aliphatic hydroxyl groups is 1. The molecule has 5 nitrogen and oxygen atoms in total. The van der Waals surface area contributed by atoms with Gasteiger partial charge in [0.15, 0.2) is 0 Å². The molecule has 2 rings (SSSR count). The number of para-hydroxylation sites is 1. The van der Waals surface area contributed by atoms with E-state index < -0.39 is 11.6 Å². The van der Waals surface area contributed by atoms with Crippen molar-refractivity contribution in [1.82, 2.24) is 0 Å². The first kappa shape index (κ1) is 13.7. The van der Waals surface area contributed by atoms with Gasteiger partial charge >= 0.3 is 5.97 Å². The third-order valence-corrected chi connectivity index (χ3v) is 3.79. The quantitative estimate of drug-likeness (QED) is 0.721. The normalized spacial score (nSPS) is 17.4. The van der Waals surface area contributed by atoms with Crippen LogP contribution in [0.2, 0.25) is 0 Å². The summed E-state index contributed by atoms with van der Waals surface area (Å²) in [5.74, 6) is -1.03. The van der Waals surface area contributed by atoms with Crippen molar-refractivity contribution < 1.29 is 15.0 Å². The first-order chi connectivity index (χ1) is 8.93. The lowest BCUT2D eigenvalue weighted by atomic mass is 10.0. The number of nitrogens with zero attached hydrogens (tertiary/aromatic N) is 1. The zero-order valence-electron chi connectivity index (χ0n) is 11.1. The Morgan fingerprint density at radius 3 is 2.63 bits per heavy atom. The molecule has 4 N–H and O–H groups in total. The minimum absolute atomic E-state index is 0.0998. The molecular weight excluding hydrogens is 244 g/mol. The maximum Gasteiger partial charge on any atom is 0.337 e. The van der Waals surface area contributed by atoms with Crippen LogP contribution < -0.4 is 10.6 Å². The zero-order chi connectivity index (χ0) is 14.0. The highest BCUT2D eigenvalue weighted by atomic mass is 16.4. The van der Waals surface area contributed by atoms with E-state index in [1.807, 2.05) is 11.9 Å². The molecule has 0 unspecified atom stereocenters. The number of aromatic carboxylic acids is 1. The van der Waals surface area contributed by atoms with Crippen molar-refractivity contribution in [2.24, 2.45) is 0 Å². The van der Waals surface area contributed by atoms with Crippen LogP contribution in [0.4, 0.5) is 11.4 Å². The van der Waals surface area contributed by atoms with Crippen molar-refractivity contribution in [3.63, 3.8) is 0 Å². The van der Waals surface area contributed by atoms with Gasteiger partial charge < -0.3 is 20.8 Å². The number of carboxylic acids is 1. The Morgan fingerprint density at radius 1 is 1.42 bits per heavy atom. The van der Waals surface area contributed by atoms with E-state index in [0.29, 0.717) is 12.2 Å². The van der Waals surface area contributed by atoms with Crippen molar-refractivity contribution in [1.29, 1.82) is 0 Å². The zero-order valence-corrected chi connectivity index (χ0v) is 11.1. The molecule has 1 aliphatic rings. The molecule has 104 valence electrons. The molecule has 0 saturated heterocycles. The monoisotopic (exact) mass is 264 g/mol. The van der Waals surface area contributed by atoms with Gasteiger partial charge in [0, 0.05) is 13.6 Å². The van der Waals surface area contributed by atoms with Crippen molar-refractivity contribution in [3.05, 3.63) is 23.8 Å². The molecule has 0 radical (unpaired) electrons. The fraction of sp³-hybridized carbons (Fsp3) is 0.500. The second kappa shape index (κ2) is 5.09. The second-order valence-corrected chi connectivity index (χ2v) is 5.33. The number of carbonyl (C=O) groups is 1. The predicted molar refractivity (Wildman–Crippen MR) is 74.5 cm³/mol. The SMILES string of the molecule is CN(CC1(O)CCCC1)c1cccc(C(=O)O)c1N. The number of nitrogen functional groups attached to an aromatic ring is 1. The largest absolute Gasteiger partial charge is 0.478 e. The van der Waals surface area contributed by atoms with E-state index in [9.17, 15) is 9.90 Å². The minimum atomic E-state index is -1.03. The van der Waals surface area contributed by atoms with E-state index >= 15 is 0 Å². The van der Waals surface area contributed by atoms with Crippen LogP contribution in [0.15, 0.2) is 18.2 Å². The third-order valence-electron chi connectivity index (χ3n) is 3.79. The van der Waals surface area contributed by atoms with Crippen LogP contribution in [0.3, 0.4) is 0 Å². The molecule has 0 amide bonds. The first-order valence-electron chi connectivity index (χ1n) is 6.48. The van der Waals surface area contributed by atoms with Crippen molar-refractivity contribution >= 4 is 17.3 Å². The summed E-state index contributed by atoms with van der Waals surface area (Å²) in [4.78, 5) is 12.9. The Bertz CT molecular complexity index is 482. The molecule has 0 atom stereocenters. The smallest absolute Gasteiger partial charge is 0.337 e. The van der Waals surface area contributed by atoms with Crippen LogP contribution in [-0.4, -0.2) is 35.4 Å². The fourth-order valence-corrected chi connectivity index (χ4v) is 2.79. The maximum absolute atomic E-state index is 11.1. The van der Waals surface area contributed by atoms with Gasteiger partial charge in [0.05, 0.1) is 22.5 Å². The van der Waals surface area contributed by atoms with Gasteiger partial charge in [-0.3, -0.25) is 0 Å². The number of rotatable bonds is 4. The Balaban J connectivity index is 2.21. The number of carboxylic acid groups (broad SMARTS) is 1. The van der Waals surface area contributed by atoms with Crippen molar-refractivity contribution in [2.75, 3.05) is 24.2 Å². The predicted octanol–water partition coefficient (Wildman–Crippen LogP) is 1.71. The van der Waals surface area contributed by atoms with E-state index in [1.54, 1.807) is 12.1 Å². The van der Waals surface area contributed by atoms with Gasteiger partial charge in [-0.2, -0.15) is 0 Å². The van der Waals surface area contributed by atoms with Gasteiger partial charge in [0.2, 0.25) is 0 Å². The average Bonchev–Trinajstić information content (AvgIpc) is 2.75. The highest BCUT2D eigenvalue weighted by molar-refractivity contribution is 5.97. The van der Waals surface area contributed by atoms with E-state index in [2.05, 4.69) is 0 Å². The number of nitrogens with two attached hydrogens (primary N) is 1. The number of likely N-dealkylation sites (N-methyl/N-ethyl adjacent to an activating group) is 1. The molecule has 1 fully saturated rings. The maximum atomic E-state index is 11.1. The van der Waals surface area contributed by atoms with E-state index in [0.717, 1.165) is 25.7 Å². The summed E-state index contributed by atoms with van der Waals surface area (Å²) in [6, 6.07) is 4.93. The van der Waals surface area contributed by atoms with Crippen molar-refractivity contribution in [2.45, 2.75) is 31.3 Å². The van der Waals surface area contributed by atoms with E-state index in [1.165, 1.54) is 6.07 Å². The van der Waals surface area contributed by atoms with Crippen LogP contribution in [0.25, 0.3) is 0 Å². The lowest BCUT2D eigenvalue weighted by Crippen LogP contribution is -2.39. The standard InChI is InChI=1S/C14H20N2O3/c1-16(9-14(19)7-2-3-8-14)11-6-4-5-10(12(11)15)13(17)18/h4-6,19H,2-3,7-9,15H2,1H3,(H,17,18). The number of benzene rings is 1. The summed E-state index contributed by atoms with van der Waals surface area (Å²) in [7, 11) is 1.83. The van der Waals surface area contributed by atoms with Crippen LogP contribution in [-0.2, 0) is 0 Å². The van der Waals surface area contributed by atoms with Crippen molar-refractivity contribution in [3.8, 4) is 0 Å². The molecule has 0 aliphatic heterocycles. The third kappa shape index (κ3) is 2.81. The Kier molecular flexibility index (Phi) is 3.66. The van der Waals surface area contributed by atoms with Gasteiger partial charge in [-0.15, -0.1) is 0 Å². The molecule has 1 aromatic rings. The molecule has 0 bridgehead atoms. The van der Waals surface area contributed by atoms with Crippen LogP contribution in [0.1, 0.15) is 36.0 Å². The Labute approximate surface area is 112 Å². The summed E-state index contributed by atoms with van der Waals surface area (Å²) in [6.45, 7) is 0.472. The molecule has 1 aromatic carbocycles. The Hall–Kier alpha value is -1.75. The highest BCUT2D eigenvalue weighted by Gasteiger charge is 2.32. The van der Waals surface area contributed by atoms with E-state index in [-0.39, 0.29) is 11.3 Å². The molecular formula is C14H20N2O3. The van der Waals surface area contributed by atoms with E-state index in [4.69, 9.17) is 10.8 Å². The molecule has 1 saturated carbocycles. The summed E-state index contributed by atoms with van der Waals surface area (Å²) < 4.78 is 0. The van der Waals surface area contributed by atoms with Crippen LogP contribution in [0, 0.1) is 0 Å². The van der Waals surface area contributed by atoms with Gasteiger partial charge in [-0.05, 0) is 25.0 Å². The minimum Gasteiger partial charge on any atom is -0.478 e. The van der Waals surface area contributed by atoms with Gasteiger partial charge in [0.25, 0.3) is 0 Å². The van der Waals surface area contributed by atoms with Crippen LogP contribution in [0.5, 0.6) is 0 Å². The average molecular weight is 264 g/mol. The lowest BCUT2D eigenvalue weighted by Gasteiger charge is -2.31. The second-order valence-electron chi connectivity index (χ2n) is 5.33. The number of hydrogen-bond acceptors (Lipinski definition) is 4. The molecule has 1 aliphatic carbocycles. The summed E-state index contributed by atoms with van der Waals surface area (Å²) >= 11 is 0.